The Morgan fingerprint density at radius 3 is 1.46 bits per heavy atom. The highest BCUT2D eigenvalue weighted by atomic mass is 31.2. The van der Waals surface area contributed by atoms with Crippen molar-refractivity contribution >= 4 is 7.60 Å². The molecule has 0 aromatic heterocycles. The van der Waals surface area contributed by atoms with Gasteiger partial charge in [0.05, 0.1) is 5.28 Å². The molecule has 80 valence electrons. The number of rotatable bonds is 4. The Bertz CT molecular complexity index is 201. The van der Waals surface area contributed by atoms with E-state index < -0.39 is 12.9 Å². The summed E-state index contributed by atoms with van der Waals surface area (Å²) in [4.78, 5) is 22.4. The molecule has 0 spiro atoms. The van der Waals surface area contributed by atoms with Crippen LogP contribution >= 0.6 is 7.60 Å². The molecule has 0 unspecified atom stereocenters. The van der Waals surface area contributed by atoms with Gasteiger partial charge in [0.2, 0.25) is 0 Å². The fourth-order valence-electron chi connectivity index (χ4n) is 2.01. The summed E-state index contributed by atoms with van der Waals surface area (Å²) in [6.07, 6.45) is 0. The first-order valence-electron chi connectivity index (χ1n) is 4.41. The average Bonchev–Trinajstić information content (AvgIpc) is 1.83. The second kappa shape index (κ2) is 4.09. The average molecular weight is 207 g/mol. The summed E-state index contributed by atoms with van der Waals surface area (Å²) < 4.78 is 11.2. The van der Waals surface area contributed by atoms with E-state index in [1.165, 1.54) is 7.05 Å². The van der Waals surface area contributed by atoms with E-state index in [2.05, 4.69) is 5.32 Å². The molecule has 13 heavy (non-hydrogen) atoms. The molecule has 0 radical (unpaired) electrons. The maximum absolute atomic E-state index is 11.2. The molecule has 5 heteroatoms. The van der Waals surface area contributed by atoms with Crippen LogP contribution in [0.25, 0.3) is 0 Å². The Balaban J connectivity index is 5.25. The van der Waals surface area contributed by atoms with Gasteiger partial charge in [0.15, 0.2) is 0 Å². The molecule has 0 heterocycles. The molecule has 0 aromatic carbocycles. The minimum Gasteiger partial charge on any atom is -0.809 e. The lowest BCUT2D eigenvalue weighted by molar-refractivity contribution is -0.324. The highest BCUT2D eigenvalue weighted by Crippen LogP contribution is 2.50. The fraction of sp³-hybridized carbons (Fsp3) is 1.00. The van der Waals surface area contributed by atoms with Crippen molar-refractivity contribution in [1.29, 1.82) is 0 Å². The van der Waals surface area contributed by atoms with Crippen LogP contribution in [0, 0.1) is 11.8 Å². The first kappa shape index (κ1) is 13.1. The van der Waals surface area contributed by atoms with Crippen molar-refractivity contribution < 1.29 is 14.4 Å². The molecule has 0 aliphatic rings. The fourth-order valence-corrected chi connectivity index (χ4v) is 3.55. The van der Waals surface area contributed by atoms with Crippen molar-refractivity contribution in [2.45, 2.75) is 33.0 Å². The molecule has 0 saturated carbocycles. The Kier molecular flexibility index (Phi) is 4.13. The van der Waals surface area contributed by atoms with Crippen LogP contribution in [0.2, 0.25) is 0 Å². The molecule has 0 atom stereocenters. The number of hydrogen-bond acceptors (Lipinski definition) is 4. The summed E-state index contributed by atoms with van der Waals surface area (Å²) in [5, 5.41) is 1.34. The normalized spacial score (nSPS) is 14.2. The molecule has 0 fully saturated rings. The Labute approximate surface area is 79.9 Å². The van der Waals surface area contributed by atoms with Gasteiger partial charge >= 0.3 is 0 Å². The van der Waals surface area contributed by atoms with Gasteiger partial charge in [-0.05, 0) is 26.5 Å². The van der Waals surface area contributed by atoms with Crippen LogP contribution in [0.5, 0.6) is 0 Å². The Morgan fingerprint density at radius 1 is 1.15 bits per heavy atom. The van der Waals surface area contributed by atoms with Crippen molar-refractivity contribution in [3.63, 3.8) is 0 Å². The second-order valence-corrected chi connectivity index (χ2v) is 5.62. The summed E-state index contributed by atoms with van der Waals surface area (Å²) in [5.74, 6) is -0.475. The minimum atomic E-state index is -4.63. The van der Waals surface area contributed by atoms with Crippen LogP contribution < -0.4 is 15.1 Å². The molecule has 4 nitrogen and oxygen atoms in total. The van der Waals surface area contributed by atoms with Crippen LogP contribution in [-0.2, 0) is 4.57 Å². The van der Waals surface area contributed by atoms with Crippen molar-refractivity contribution in [2.24, 2.45) is 11.8 Å². The summed E-state index contributed by atoms with van der Waals surface area (Å²) in [5.41, 5.74) is 0. The van der Waals surface area contributed by atoms with Gasteiger partial charge in [-0.2, -0.15) is 0 Å². The molecule has 0 aromatic rings. The van der Waals surface area contributed by atoms with E-state index >= 15 is 0 Å². The largest absolute Gasteiger partial charge is 0.809 e. The minimum absolute atomic E-state index is 0.238. The molecule has 1 N–H and O–H groups in total. The highest BCUT2D eigenvalue weighted by Gasteiger charge is 2.38. The third kappa shape index (κ3) is 2.13. The topological polar surface area (TPSA) is 75.2 Å². The standard InChI is InChI=1S/C8H20NO3P/c1-6(2)8(9-5,7(3)4)13(10,11)12/h6-7,9H,1-5H3,(H2,10,11,12)/p-2. The molecule has 0 bridgehead atoms. The first-order chi connectivity index (χ1) is 5.70. The molecule has 0 saturated heterocycles. The van der Waals surface area contributed by atoms with Crippen LogP contribution in [0.1, 0.15) is 27.7 Å². The van der Waals surface area contributed by atoms with Crippen LogP contribution in [0.4, 0.5) is 0 Å². The molecule has 0 amide bonds. The maximum atomic E-state index is 11.2. The summed E-state index contributed by atoms with van der Waals surface area (Å²) in [6.45, 7) is 6.94. The zero-order valence-electron chi connectivity index (χ0n) is 8.83. The number of nitrogens with one attached hydrogen (secondary N) is 1. The monoisotopic (exact) mass is 207 g/mol. The maximum Gasteiger partial charge on any atom is 0.0502 e. The lowest BCUT2D eigenvalue weighted by Crippen LogP contribution is -2.56. The van der Waals surface area contributed by atoms with Gasteiger partial charge in [-0.25, -0.2) is 0 Å². The van der Waals surface area contributed by atoms with Gasteiger partial charge in [0.25, 0.3) is 0 Å². The van der Waals surface area contributed by atoms with E-state index in [9.17, 15) is 14.4 Å². The van der Waals surface area contributed by atoms with Crippen LogP contribution in [-0.4, -0.2) is 12.3 Å². The highest BCUT2D eigenvalue weighted by molar-refractivity contribution is 7.50. The number of hydrogen-bond donors (Lipinski definition) is 1. The van der Waals surface area contributed by atoms with Crippen LogP contribution in [0.3, 0.4) is 0 Å². The molecular formula is C8H18NO3P-2. The molecule has 0 rings (SSSR count). The molecule has 0 aliphatic heterocycles. The SMILES string of the molecule is CNC(C(C)C)(C(C)C)P(=O)([O-])[O-]. The van der Waals surface area contributed by atoms with Crippen molar-refractivity contribution in [3.05, 3.63) is 0 Å². The van der Waals surface area contributed by atoms with Gasteiger partial charge in [-0.3, -0.25) is 0 Å². The van der Waals surface area contributed by atoms with Gasteiger partial charge in [0, 0.05) is 0 Å². The predicted molar refractivity (Wildman–Crippen MR) is 49.1 cm³/mol. The lowest BCUT2D eigenvalue weighted by atomic mass is 9.92. The first-order valence-corrected chi connectivity index (χ1v) is 5.95. The molecular weight excluding hydrogens is 189 g/mol. The molecule has 0 aliphatic carbocycles. The van der Waals surface area contributed by atoms with E-state index in [0.29, 0.717) is 0 Å². The van der Waals surface area contributed by atoms with E-state index in [4.69, 9.17) is 0 Å². The van der Waals surface area contributed by atoms with Gasteiger partial charge < -0.3 is 19.7 Å². The van der Waals surface area contributed by atoms with Gasteiger partial charge in [-0.1, -0.05) is 27.7 Å². The quantitative estimate of drug-likeness (QED) is 0.665. The Hall–Kier alpha value is 0.110. The zero-order valence-corrected chi connectivity index (χ0v) is 9.72. The smallest absolute Gasteiger partial charge is 0.0502 e. The Morgan fingerprint density at radius 2 is 1.46 bits per heavy atom. The second-order valence-electron chi connectivity index (χ2n) is 3.88. The third-order valence-corrected chi connectivity index (χ3v) is 4.78. The van der Waals surface area contributed by atoms with Crippen molar-refractivity contribution in [3.8, 4) is 0 Å². The lowest BCUT2D eigenvalue weighted by Gasteiger charge is -2.55. The van der Waals surface area contributed by atoms with Crippen molar-refractivity contribution in [2.75, 3.05) is 7.05 Å². The van der Waals surface area contributed by atoms with Gasteiger partial charge in [0.1, 0.15) is 0 Å². The van der Waals surface area contributed by atoms with E-state index in [0.717, 1.165) is 0 Å². The van der Waals surface area contributed by atoms with E-state index in [1.54, 1.807) is 27.7 Å². The van der Waals surface area contributed by atoms with E-state index in [1.807, 2.05) is 0 Å². The van der Waals surface area contributed by atoms with Crippen LogP contribution in [0.15, 0.2) is 0 Å². The predicted octanol–water partition coefficient (Wildman–Crippen LogP) is 0.128. The van der Waals surface area contributed by atoms with Crippen molar-refractivity contribution in [1.82, 2.24) is 5.32 Å². The zero-order chi connectivity index (χ0) is 10.9. The van der Waals surface area contributed by atoms with E-state index in [-0.39, 0.29) is 11.8 Å². The van der Waals surface area contributed by atoms with Gasteiger partial charge in [-0.15, -0.1) is 0 Å². The summed E-state index contributed by atoms with van der Waals surface area (Å²) >= 11 is 0. The summed E-state index contributed by atoms with van der Waals surface area (Å²) in [6, 6.07) is 0. The summed E-state index contributed by atoms with van der Waals surface area (Å²) in [7, 11) is -3.11. The third-order valence-electron chi connectivity index (χ3n) is 2.61.